The van der Waals surface area contributed by atoms with Gasteiger partial charge >= 0.3 is 0 Å². The highest BCUT2D eigenvalue weighted by Gasteiger charge is 2.02. The first-order valence-corrected chi connectivity index (χ1v) is 5.02. The maximum absolute atomic E-state index is 5.58. The van der Waals surface area contributed by atoms with Crippen LogP contribution in [0, 0.1) is 20.8 Å². The van der Waals surface area contributed by atoms with Gasteiger partial charge in [0.15, 0.2) is 0 Å². The fourth-order valence-electron chi connectivity index (χ4n) is 1.66. The van der Waals surface area contributed by atoms with Crippen molar-refractivity contribution in [1.29, 1.82) is 0 Å². The smallest absolute Gasteiger partial charge is 0.0716 e. The highest BCUT2D eigenvalue weighted by molar-refractivity contribution is 6.17. The van der Waals surface area contributed by atoms with E-state index in [9.17, 15) is 0 Å². The molecule has 0 fully saturated rings. The van der Waals surface area contributed by atoms with E-state index in [-0.39, 0.29) is 0 Å². The molecule has 1 N–H and O–H groups in total. The van der Waals surface area contributed by atoms with Crippen molar-refractivity contribution in [3.8, 4) is 0 Å². The van der Waals surface area contributed by atoms with Gasteiger partial charge in [0.25, 0.3) is 0 Å². The highest BCUT2D eigenvalue weighted by atomic mass is 35.5. The first-order chi connectivity index (χ1) is 6.15. The lowest BCUT2D eigenvalue weighted by atomic mass is 10.00. The predicted molar refractivity (Wildman–Crippen MR) is 58.2 cm³/mol. The Hall–Kier alpha value is -0.530. The standard InChI is InChI=1S/C11H16ClN/c1-8-4-9(2)11(6-13-7-12)10(3)5-8/h4-5,13H,6-7H2,1-3H3. The predicted octanol–water partition coefficient (Wildman–Crippen LogP) is 2.90. The first-order valence-electron chi connectivity index (χ1n) is 4.48. The van der Waals surface area contributed by atoms with E-state index in [1.54, 1.807) is 0 Å². The molecule has 0 amide bonds. The molecule has 2 heteroatoms. The molecular weight excluding hydrogens is 182 g/mol. The maximum Gasteiger partial charge on any atom is 0.0716 e. The van der Waals surface area contributed by atoms with Crippen LogP contribution < -0.4 is 5.32 Å². The van der Waals surface area contributed by atoms with Crippen LogP contribution in [0.2, 0.25) is 0 Å². The molecule has 1 nitrogen and oxygen atoms in total. The summed E-state index contributed by atoms with van der Waals surface area (Å²) >= 11 is 5.58. The van der Waals surface area contributed by atoms with Crippen molar-refractivity contribution in [1.82, 2.24) is 5.32 Å². The molecule has 0 heterocycles. The van der Waals surface area contributed by atoms with Gasteiger partial charge in [0, 0.05) is 6.54 Å². The largest absolute Gasteiger partial charge is 0.300 e. The fraction of sp³-hybridized carbons (Fsp3) is 0.455. The average Bonchev–Trinajstić information content (AvgIpc) is 2.02. The van der Waals surface area contributed by atoms with Crippen molar-refractivity contribution in [3.05, 3.63) is 34.4 Å². The third kappa shape index (κ3) is 2.71. The zero-order valence-corrected chi connectivity index (χ0v) is 9.20. The van der Waals surface area contributed by atoms with Crippen LogP contribution in [-0.2, 0) is 6.54 Å². The number of hydrogen-bond donors (Lipinski definition) is 1. The maximum atomic E-state index is 5.58. The molecule has 1 rings (SSSR count). The summed E-state index contributed by atoms with van der Waals surface area (Å²) in [5.41, 5.74) is 5.38. The molecule has 13 heavy (non-hydrogen) atoms. The van der Waals surface area contributed by atoms with Gasteiger partial charge in [0.2, 0.25) is 0 Å². The highest BCUT2D eigenvalue weighted by Crippen LogP contribution is 2.15. The van der Waals surface area contributed by atoms with Crippen LogP contribution >= 0.6 is 11.6 Å². The van der Waals surface area contributed by atoms with Crippen LogP contribution in [0.25, 0.3) is 0 Å². The second-order valence-electron chi connectivity index (χ2n) is 3.44. The van der Waals surface area contributed by atoms with Gasteiger partial charge in [-0.25, -0.2) is 0 Å². The Kier molecular flexibility index (Phi) is 3.76. The molecule has 0 aliphatic carbocycles. The Morgan fingerprint density at radius 2 is 1.69 bits per heavy atom. The van der Waals surface area contributed by atoms with Crippen LogP contribution in [0.3, 0.4) is 0 Å². The third-order valence-corrected chi connectivity index (χ3v) is 2.43. The quantitative estimate of drug-likeness (QED) is 0.581. The lowest BCUT2D eigenvalue weighted by molar-refractivity contribution is 0.781. The molecule has 0 atom stereocenters. The molecule has 0 spiro atoms. The number of halogens is 1. The van der Waals surface area contributed by atoms with E-state index in [1.807, 2.05) is 0 Å². The van der Waals surface area contributed by atoms with E-state index in [0.717, 1.165) is 6.54 Å². The van der Waals surface area contributed by atoms with E-state index >= 15 is 0 Å². The van der Waals surface area contributed by atoms with Gasteiger partial charge in [-0.1, -0.05) is 17.7 Å². The molecule has 0 radical (unpaired) electrons. The lowest BCUT2D eigenvalue weighted by Gasteiger charge is -2.10. The number of hydrogen-bond acceptors (Lipinski definition) is 1. The normalized spacial score (nSPS) is 10.5. The zero-order valence-electron chi connectivity index (χ0n) is 8.45. The Bertz CT molecular complexity index is 271. The lowest BCUT2D eigenvalue weighted by Crippen LogP contribution is -2.12. The van der Waals surface area contributed by atoms with Crippen molar-refractivity contribution in [3.63, 3.8) is 0 Å². The van der Waals surface area contributed by atoms with Gasteiger partial charge in [-0.3, -0.25) is 5.32 Å². The van der Waals surface area contributed by atoms with Crippen LogP contribution in [0.1, 0.15) is 22.3 Å². The minimum Gasteiger partial charge on any atom is -0.300 e. The van der Waals surface area contributed by atoms with Gasteiger partial charge in [-0.05, 0) is 37.5 Å². The van der Waals surface area contributed by atoms with Crippen LogP contribution in [0.15, 0.2) is 12.1 Å². The summed E-state index contributed by atoms with van der Waals surface area (Å²) in [7, 11) is 0. The summed E-state index contributed by atoms with van der Waals surface area (Å²) in [5.74, 6) is 0. The van der Waals surface area contributed by atoms with Gasteiger partial charge < -0.3 is 0 Å². The van der Waals surface area contributed by atoms with Crippen molar-refractivity contribution < 1.29 is 0 Å². The minimum absolute atomic E-state index is 0.507. The fourth-order valence-corrected chi connectivity index (χ4v) is 1.76. The molecule has 0 saturated carbocycles. The van der Waals surface area contributed by atoms with E-state index in [2.05, 4.69) is 38.2 Å². The number of nitrogens with one attached hydrogen (secondary N) is 1. The topological polar surface area (TPSA) is 12.0 Å². The Labute approximate surface area is 85.1 Å². The van der Waals surface area contributed by atoms with E-state index < -0.39 is 0 Å². The van der Waals surface area contributed by atoms with Gasteiger partial charge in [-0.15, -0.1) is 11.6 Å². The molecule has 1 aromatic carbocycles. The van der Waals surface area contributed by atoms with E-state index in [1.165, 1.54) is 22.3 Å². The van der Waals surface area contributed by atoms with Crippen molar-refractivity contribution in [2.24, 2.45) is 0 Å². The van der Waals surface area contributed by atoms with E-state index in [4.69, 9.17) is 11.6 Å². The Balaban J connectivity index is 2.92. The van der Waals surface area contributed by atoms with Crippen molar-refractivity contribution >= 4 is 11.6 Å². The molecule has 0 bridgehead atoms. The average molecular weight is 198 g/mol. The van der Waals surface area contributed by atoms with Crippen LogP contribution in [0.4, 0.5) is 0 Å². The molecule has 0 unspecified atom stereocenters. The molecule has 1 aromatic rings. The number of aryl methyl sites for hydroxylation is 3. The molecule has 0 aliphatic heterocycles. The Morgan fingerprint density at radius 1 is 1.15 bits per heavy atom. The molecule has 0 saturated heterocycles. The monoisotopic (exact) mass is 197 g/mol. The number of alkyl halides is 1. The van der Waals surface area contributed by atoms with E-state index in [0.29, 0.717) is 6.00 Å². The zero-order chi connectivity index (χ0) is 9.84. The summed E-state index contributed by atoms with van der Waals surface area (Å²) in [4.78, 5) is 0. The molecular formula is C11H16ClN. The second kappa shape index (κ2) is 4.64. The summed E-state index contributed by atoms with van der Waals surface area (Å²) in [6.07, 6.45) is 0. The summed E-state index contributed by atoms with van der Waals surface area (Å²) < 4.78 is 0. The third-order valence-electron chi connectivity index (χ3n) is 2.24. The molecule has 0 aromatic heterocycles. The SMILES string of the molecule is Cc1cc(C)c(CNCCl)c(C)c1. The van der Waals surface area contributed by atoms with Crippen molar-refractivity contribution in [2.45, 2.75) is 27.3 Å². The number of rotatable bonds is 3. The minimum atomic E-state index is 0.507. The van der Waals surface area contributed by atoms with Crippen LogP contribution in [-0.4, -0.2) is 6.00 Å². The van der Waals surface area contributed by atoms with Gasteiger partial charge in [-0.2, -0.15) is 0 Å². The molecule has 0 aliphatic rings. The summed E-state index contributed by atoms with van der Waals surface area (Å²) in [5, 5.41) is 3.13. The Morgan fingerprint density at radius 3 is 2.15 bits per heavy atom. The summed E-state index contributed by atoms with van der Waals surface area (Å²) in [6.45, 7) is 7.27. The van der Waals surface area contributed by atoms with Crippen molar-refractivity contribution in [2.75, 3.05) is 6.00 Å². The van der Waals surface area contributed by atoms with Gasteiger partial charge in [0.1, 0.15) is 0 Å². The molecule has 72 valence electrons. The first kappa shape index (κ1) is 10.6. The number of benzene rings is 1. The van der Waals surface area contributed by atoms with Gasteiger partial charge in [0.05, 0.1) is 6.00 Å². The summed E-state index contributed by atoms with van der Waals surface area (Å²) in [6, 6.07) is 4.92. The second-order valence-corrected chi connectivity index (χ2v) is 3.70. The van der Waals surface area contributed by atoms with Crippen LogP contribution in [0.5, 0.6) is 0 Å².